The zero-order valence-electron chi connectivity index (χ0n) is 20.8. The summed E-state index contributed by atoms with van der Waals surface area (Å²) in [5.74, 6) is 1.33. The lowest BCUT2D eigenvalue weighted by atomic mass is 10.1. The summed E-state index contributed by atoms with van der Waals surface area (Å²) in [7, 11) is 0. The summed E-state index contributed by atoms with van der Waals surface area (Å²) >= 11 is 0. The summed E-state index contributed by atoms with van der Waals surface area (Å²) in [6.07, 6.45) is -0.620. The van der Waals surface area contributed by atoms with Crippen molar-refractivity contribution in [3.05, 3.63) is 83.4 Å². The molecule has 0 aliphatic rings. The number of hydrogen-bond acceptors (Lipinski definition) is 5. The molecule has 0 aliphatic heterocycles. The molecule has 7 nitrogen and oxygen atoms in total. The third-order valence-electron chi connectivity index (χ3n) is 5.05. The summed E-state index contributed by atoms with van der Waals surface area (Å²) in [6.45, 7) is 10.1. The number of carbonyl (C=O) groups is 1. The molecule has 1 amide bonds. The second-order valence-electron chi connectivity index (χ2n) is 8.02. The first-order valence-corrected chi connectivity index (χ1v) is 11.7. The van der Waals surface area contributed by atoms with Crippen molar-refractivity contribution in [3.63, 3.8) is 0 Å². The number of hydrogen-bond donors (Lipinski definition) is 3. The van der Waals surface area contributed by atoms with E-state index in [0.29, 0.717) is 5.56 Å². The summed E-state index contributed by atoms with van der Waals surface area (Å²) in [6, 6.07) is 20.9. The van der Waals surface area contributed by atoms with Crippen molar-refractivity contribution in [2.45, 2.75) is 47.3 Å². The van der Waals surface area contributed by atoms with Crippen molar-refractivity contribution >= 4 is 23.0 Å². The lowest BCUT2D eigenvalue weighted by molar-refractivity contribution is 0.196. The number of benzene rings is 3. The molecule has 0 unspecified atom stereocenters. The standard InChI is InChI=1S/C26H26N4O3.C2H6/c1-16(2)32-23-13-12-20(14-17(23)3)24(27)33-26(31)28-15-18-8-10-19(11-9-18)25-29-21-6-4-5-7-22(21)30-25;1-2/h4-14,16,27H,15H2,1-3H3,(H,28,31)(H,29,30);1-2H3. The van der Waals surface area contributed by atoms with Crippen LogP contribution in [-0.4, -0.2) is 28.1 Å². The van der Waals surface area contributed by atoms with E-state index in [1.807, 2.05) is 83.1 Å². The maximum atomic E-state index is 12.2. The largest absolute Gasteiger partial charge is 0.491 e. The van der Waals surface area contributed by atoms with Crippen molar-refractivity contribution in [2.75, 3.05) is 0 Å². The van der Waals surface area contributed by atoms with Gasteiger partial charge in [-0.2, -0.15) is 0 Å². The normalized spacial score (nSPS) is 10.5. The minimum absolute atomic E-state index is 0.0591. The number of nitrogens with one attached hydrogen (secondary N) is 3. The molecule has 0 atom stereocenters. The van der Waals surface area contributed by atoms with Gasteiger partial charge in [0.25, 0.3) is 0 Å². The van der Waals surface area contributed by atoms with Crippen LogP contribution in [0.2, 0.25) is 0 Å². The highest BCUT2D eigenvalue weighted by Crippen LogP contribution is 2.22. The second-order valence-corrected chi connectivity index (χ2v) is 8.02. The average molecular weight is 473 g/mol. The third kappa shape index (κ3) is 6.69. The van der Waals surface area contributed by atoms with Crippen molar-refractivity contribution in [1.29, 1.82) is 5.41 Å². The van der Waals surface area contributed by atoms with Crippen molar-refractivity contribution in [2.24, 2.45) is 0 Å². The number of H-pyrrole nitrogens is 1. The van der Waals surface area contributed by atoms with Crippen LogP contribution in [0.5, 0.6) is 5.75 Å². The van der Waals surface area contributed by atoms with Crippen LogP contribution in [0.4, 0.5) is 4.79 Å². The number of ether oxygens (including phenoxy) is 2. The zero-order valence-corrected chi connectivity index (χ0v) is 20.8. The van der Waals surface area contributed by atoms with E-state index in [1.165, 1.54) is 0 Å². The van der Waals surface area contributed by atoms with E-state index in [-0.39, 0.29) is 18.5 Å². The van der Waals surface area contributed by atoms with Gasteiger partial charge in [0.1, 0.15) is 11.6 Å². The smallest absolute Gasteiger partial charge is 0.414 e. The molecule has 182 valence electrons. The molecule has 0 saturated carbocycles. The van der Waals surface area contributed by atoms with E-state index >= 15 is 0 Å². The Morgan fingerprint density at radius 1 is 1.06 bits per heavy atom. The quantitative estimate of drug-likeness (QED) is 0.217. The minimum Gasteiger partial charge on any atom is -0.491 e. The topological polar surface area (TPSA) is 100 Å². The van der Waals surface area contributed by atoms with E-state index < -0.39 is 6.09 Å². The number of aromatic nitrogens is 2. The molecule has 0 saturated heterocycles. The van der Waals surface area contributed by atoms with Crippen molar-refractivity contribution < 1.29 is 14.3 Å². The van der Waals surface area contributed by atoms with Crippen LogP contribution >= 0.6 is 0 Å². The summed E-state index contributed by atoms with van der Waals surface area (Å²) in [5.41, 5.74) is 5.15. The number of aromatic amines is 1. The predicted molar refractivity (Wildman–Crippen MR) is 140 cm³/mol. The Labute approximate surface area is 206 Å². The maximum absolute atomic E-state index is 12.2. The van der Waals surface area contributed by atoms with Crippen LogP contribution in [0, 0.1) is 12.3 Å². The first-order valence-electron chi connectivity index (χ1n) is 11.7. The Morgan fingerprint density at radius 3 is 2.43 bits per heavy atom. The highest BCUT2D eigenvalue weighted by Gasteiger charge is 2.12. The van der Waals surface area contributed by atoms with Crippen molar-refractivity contribution in [1.82, 2.24) is 15.3 Å². The van der Waals surface area contributed by atoms with Gasteiger partial charge in [-0.3, -0.25) is 5.41 Å². The van der Waals surface area contributed by atoms with E-state index in [9.17, 15) is 4.79 Å². The van der Waals surface area contributed by atoms with Gasteiger partial charge in [-0.05, 0) is 62.2 Å². The highest BCUT2D eigenvalue weighted by molar-refractivity contribution is 5.98. The number of rotatable bonds is 6. The first kappa shape index (κ1) is 25.5. The third-order valence-corrected chi connectivity index (χ3v) is 5.05. The molecular formula is C28H32N4O3. The Hall–Kier alpha value is -4.13. The number of para-hydroxylation sites is 2. The Bertz CT molecular complexity index is 1260. The number of carbonyl (C=O) groups excluding carboxylic acids is 1. The fourth-order valence-corrected chi connectivity index (χ4v) is 3.41. The Kier molecular flexibility index (Phi) is 8.62. The van der Waals surface area contributed by atoms with Crippen LogP contribution in [0.25, 0.3) is 22.4 Å². The highest BCUT2D eigenvalue weighted by atomic mass is 16.6. The number of nitrogens with zero attached hydrogens (tertiary/aromatic N) is 1. The second kappa shape index (κ2) is 11.8. The molecule has 4 rings (SSSR count). The van der Waals surface area contributed by atoms with Gasteiger partial charge < -0.3 is 19.8 Å². The van der Waals surface area contributed by atoms with Gasteiger partial charge in [0.05, 0.1) is 17.1 Å². The average Bonchev–Trinajstić information content (AvgIpc) is 3.29. The molecule has 0 aliphatic carbocycles. The maximum Gasteiger partial charge on any atom is 0.414 e. The van der Waals surface area contributed by atoms with Crippen LogP contribution in [0.3, 0.4) is 0 Å². The van der Waals surface area contributed by atoms with Gasteiger partial charge >= 0.3 is 6.09 Å². The zero-order chi connectivity index (χ0) is 25.4. The van der Waals surface area contributed by atoms with E-state index in [2.05, 4.69) is 15.3 Å². The van der Waals surface area contributed by atoms with Crippen LogP contribution < -0.4 is 10.1 Å². The van der Waals surface area contributed by atoms with E-state index in [0.717, 1.165) is 39.3 Å². The molecule has 7 heteroatoms. The van der Waals surface area contributed by atoms with Gasteiger partial charge in [-0.25, -0.2) is 9.78 Å². The molecular weight excluding hydrogens is 440 g/mol. The summed E-state index contributed by atoms with van der Waals surface area (Å²) < 4.78 is 10.8. The van der Waals surface area contributed by atoms with E-state index in [4.69, 9.17) is 14.9 Å². The molecule has 0 fully saturated rings. The van der Waals surface area contributed by atoms with Gasteiger partial charge in [0, 0.05) is 17.7 Å². The molecule has 3 aromatic carbocycles. The fraction of sp³-hybridized carbons (Fsp3) is 0.250. The van der Waals surface area contributed by atoms with Crippen LogP contribution in [-0.2, 0) is 11.3 Å². The van der Waals surface area contributed by atoms with Crippen LogP contribution in [0.1, 0.15) is 44.4 Å². The molecule has 3 N–H and O–H groups in total. The molecule has 1 aromatic heterocycles. The first-order chi connectivity index (χ1) is 16.9. The van der Waals surface area contributed by atoms with Gasteiger partial charge in [0.2, 0.25) is 5.90 Å². The molecule has 35 heavy (non-hydrogen) atoms. The minimum atomic E-state index is -0.679. The van der Waals surface area contributed by atoms with Crippen LogP contribution in [0.15, 0.2) is 66.7 Å². The summed E-state index contributed by atoms with van der Waals surface area (Å²) in [4.78, 5) is 20.1. The molecule has 0 bridgehead atoms. The fourth-order valence-electron chi connectivity index (χ4n) is 3.41. The lowest BCUT2D eigenvalue weighted by Crippen LogP contribution is -2.26. The van der Waals surface area contributed by atoms with Gasteiger partial charge in [0.15, 0.2) is 0 Å². The molecule has 4 aromatic rings. The SMILES string of the molecule is CC.Cc1cc(C(=N)OC(=O)NCc2ccc(-c3nc4ccccc4[nH]3)cc2)ccc1OC(C)C. The number of fused-ring (bicyclic) bond motifs is 1. The number of alkyl carbamates (subject to hydrolysis) is 1. The van der Waals surface area contributed by atoms with E-state index in [1.54, 1.807) is 18.2 Å². The van der Waals surface area contributed by atoms with Crippen molar-refractivity contribution in [3.8, 4) is 17.1 Å². The summed E-state index contributed by atoms with van der Waals surface area (Å²) in [5, 5.41) is 10.8. The molecule has 0 spiro atoms. The number of amides is 1. The Balaban J connectivity index is 0.00000167. The van der Waals surface area contributed by atoms with Gasteiger partial charge in [-0.15, -0.1) is 0 Å². The number of imidazole rings is 1. The molecule has 0 radical (unpaired) electrons. The van der Waals surface area contributed by atoms with Gasteiger partial charge in [-0.1, -0.05) is 50.2 Å². The monoisotopic (exact) mass is 472 g/mol. The predicted octanol–water partition coefficient (Wildman–Crippen LogP) is 6.60. The number of aryl methyl sites for hydroxylation is 1. The Morgan fingerprint density at radius 2 is 1.77 bits per heavy atom. The lowest BCUT2D eigenvalue weighted by Gasteiger charge is -2.13. The molecule has 1 heterocycles.